The van der Waals surface area contributed by atoms with E-state index in [9.17, 15) is 0 Å². The van der Waals surface area contributed by atoms with Gasteiger partial charge in [0.15, 0.2) is 0 Å². The Morgan fingerprint density at radius 3 is 2.38 bits per heavy atom. The number of benzene rings is 4. The molecule has 0 saturated carbocycles. The molecule has 2 heteroatoms. The summed E-state index contributed by atoms with van der Waals surface area (Å²) in [6, 6.07) is 26.8. The van der Waals surface area contributed by atoms with Crippen molar-refractivity contribution in [3.63, 3.8) is 0 Å². The zero-order valence-electron chi connectivity index (χ0n) is 12.8. The molecule has 0 aliphatic heterocycles. The topological polar surface area (TPSA) is 13.1 Å². The van der Waals surface area contributed by atoms with E-state index in [1.165, 1.54) is 10.8 Å². The van der Waals surface area contributed by atoms with Gasteiger partial charge in [0.1, 0.15) is 11.2 Å². The maximum absolute atomic E-state index is 6.41. The molecule has 1 heterocycles. The molecule has 4 aromatic carbocycles. The molecule has 5 rings (SSSR count). The van der Waals surface area contributed by atoms with Crippen LogP contribution < -0.4 is 0 Å². The molecule has 5 aromatic rings. The van der Waals surface area contributed by atoms with Gasteiger partial charge in [-0.15, -0.1) is 0 Å². The van der Waals surface area contributed by atoms with Gasteiger partial charge < -0.3 is 4.42 Å². The van der Waals surface area contributed by atoms with E-state index in [1.54, 1.807) is 0 Å². The molecule has 0 aliphatic carbocycles. The van der Waals surface area contributed by atoms with Crippen molar-refractivity contribution < 1.29 is 4.42 Å². The van der Waals surface area contributed by atoms with Gasteiger partial charge in [-0.3, -0.25) is 0 Å². The molecule has 0 spiro atoms. The molecular formula is C22H13ClO. The molecule has 0 bridgehead atoms. The van der Waals surface area contributed by atoms with Gasteiger partial charge in [-0.2, -0.15) is 0 Å². The lowest BCUT2D eigenvalue weighted by molar-refractivity contribution is 0.670. The molecule has 0 atom stereocenters. The Hall–Kier alpha value is -2.77. The largest absolute Gasteiger partial charge is 0.455 e. The average molecular weight is 329 g/mol. The number of furan rings is 1. The SMILES string of the molecule is Clc1cc(-c2ccc3ccccc3c2)c2oc3ccccc3c2c1. The molecule has 1 nitrogen and oxygen atoms in total. The number of hydrogen-bond donors (Lipinski definition) is 0. The summed E-state index contributed by atoms with van der Waals surface area (Å²) >= 11 is 6.41. The van der Waals surface area contributed by atoms with Crippen LogP contribution in [0.5, 0.6) is 0 Å². The molecule has 0 fully saturated rings. The number of para-hydroxylation sites is 1. The lowest BCUT2D eigenvalue weighted by Gasteiger charge is -2.06. The minimum absolute atomic E-state index is 0.720. The Balaban J connectivity index is 1.87. The first-order chi connectivity index (χ1) is 11.8. The first kappa shape index (κ1) is 13.6. The zero-order chi connectivity index (χ0) is 16.1. The monoisotopic (exact) mass is 328 g/mol. The normalized spacial score (nSPS) is 11.5. The molecule has 0 saturated heterocycles. The van der Waals surface area contributed by atoms with Crippen LogP contribution in [0.15, 0.2) is 83.3 Å². The minimum Gasteiger partial charge on any atom is -0.455 e. The van der Waals surface area contributed by atoms with E-state index in [0.717, 1.165) is 38.1 Å². The zero-order valence-corrected chi connectivity index (χ0v) is 13.5. The second-order valence-corrected chi connectivity index (χ2v) is 6.43. The first-order valence-corrected chi connectivity index (χ1v) is 8.27. The Kier molecular flexibility index (Phi) is 2.91. The molecule has 0 N–H and O–H groups in total. The highest BCUT2D eigenvalue weighted by Crippen LogP contribution is 2.38. The van der Waals surface area contributed by atoms with E-state index in [0.29, 0.717) is 0 Å². The third kappa shape index (κ3) is 2.02. The van der Waals surface area contributed by atoms with Crippen LogP contribution in [-0.4, -0.2) is 0 Å². The summed E-state index contributed by atoms with van der Waals surface area (Å²) in [5.41, 5.74) is 3.91. The second kappa shape index (κ2) is 5.12. The van der Waals surface area contributed by atoms with Crippen molar-refractivity contribution in [2.24, 2.45) is 0 Å². The van der Waals surface area contributed by atoms with Crippen LogP contribution in [0.3, 0.4) is 0 Å². The van der Waals surface area contributed by atoms with Gasteiger partial charge in [0.2, 0.25) is 0 Å². The lowest BCUT2D eigenvalue weighted by atomic mass is 9.99. The van der Waals surface area contributed by atoms with Crippen molar-refractivity contribution in [2.75, 3.05) is 0 Å². The standard InChI is InChI=1S/C22H13ClO/c23-17-12-19(16-10-9-14-5-1-2-6-15(14)11-16)22-20(13-17)18-7-3-4-8-21(18)24-22/h1-13H. The smallest absolute Gasteiger partial charge is 0.143 e. The van der Waals surface area contributed by atoms with E-state index < -0.39 is 0 Å². The Bertz CT molecular complexity index is 1220. The van der Waals surface area contributed by atoms with Crippen LogP contribution >= 0.6 is 11.6 Å². The molecular weight excluding hydrogens is 316 g/mol. The maximum Gasteiger partial charge on any atom is 0.143 e. The summed E-state index contributed by atoms with van der Waals surface area (Å²) in [5, 5.41) is 5.30. The third-order valence-electron chi connectivity index (χ3n) is 4.50. The van der Waals surface area contributed by atoms with Crippen molar-refractivity contribution in [1.82, 2.24) is 0 Å². The highest BCUT2D eigenvalue weighted by Gasteiger charge is 2.13. The van der Waals surface area contributed by atoms with Crippen molar-refractivity contribution >= 4 is 44.3 Å². The Morgan fingerprint density at radius 2 is 1.46 bits per heavy atom. The fraction of sp³-hybridized carbons (Fsp3) is 0. The highest BCUT2D eigenvalue weighted by molar-refractivity contribution is 6.32. The summed E-state index contributed by atoms with van der Waals surface area (Å²) < 4.78 is 6.15. The molecule has 114 valence electrons. The van der Waals surface area contributed by atoms with Crippen molar-refractivity contribution in [1.29, 1.82) is 0 Å². The fourth-order valence-corrected chi connectivity index (χ4v) is 3.58. The van der Waals surface area contributed by atoms with E-state index in [-0.39, 0.29) is 0 Å². The van der Waals surface area contributed by atoms with E-state index in [2.05, 4.69) is 48.5 Å². The summed E-state index contributed by atoms with van der Waals surface area (Å²) in [4.78, 5) is 0. The fourth-order valence-electron chi connectivity index (χ4n) is 3.36. The van der Waals surface area contributed by atoms with Crippen LogP contribution in [0.2, 0.25) is 5.02 Å². The number of hydrogen-bond acceptors (Lipinski definition) is 1. The predicted octanol–water partition coefficient (Wildman–Crippen LogP) is 7.06. The van der Waals surface area contributed by atoms with E-state index >= 15 is 0 Å². The van der Waals surface area contributed by atoms with Crippen molar-refractivity contribution in [3.05, 3.63) is 83.9 Å². The molecule has 24 heavy (non-hydrogen) atoms. The number of fused-ring (bicyclic) bond motifs is 4. The first-order valence-electron chi connectivity index (χ1n) is 7.89. The number of rotatable bonds is 1. The Morgan fingerprint density at radius 1 is 0.667 bits per heavy atom. The molecule has 0 aliphatic rings. The number of halogens is 1. The van der Waals surface area contributed by atoms with Crippen LogP contribution in [-0.2, 0) is 0 Å². The molecule has 1 aromatic heterocycles. The van der Waals surface area contributed by atoms with Gasteiger partial charge in [-0.25, -0.2) is 0 Å². The second-order valence-electron chi connectivity index (χ2n) is 5.99. The van der Waals surface area contributed by atoms with Crippen LogP contribution in [0.25, 0.3) is 43.8 Å². The minimum atomic E-state index is 0.720. The van der Waals surface area contributed by atoms with Gasteiger partial charge in [-0.05, 0) is 40.6 Å². The summed E-state index contributed by atoms with van der Waals surface area (Å²) in [6.45, 7) is 0. The Labute approximate surface area is 144 Å². The van der Waals surface area contributed by atoms with Crippen molar-refractivity contribution in [2.45, 2.75) is 0 Å². The maximum atomic E-state index is 6.41. The summed E-state index contributed by atoms with van der Waals surface area (Å²) in [7, 11) is 0. The molecule has 0 amide bonds. The predicted molar refractivity (Wildman–Crippen MR) is 102 cm³/mol. The van der Waals surface area contributed by atoms with Gasteiger partial charge in [0, 0.05) is 21.4 Å². The summed E-state index contributed by atoms with van der Waals surface area (Å²) in [6.07, 6.45) is 0. The van der Waals surface area contributed by atoms with Gasteiger partial charge in [0.05, 0.1) is 0 Å². The summed E-state index contributed by atoms with van der Waals surface area (Å²) in [5.74, 6) is 0. The molecule has 0 radical (unpaired) electrons. The van der Waals surface area contributed by atoms with Gasteiger partial charge in [0.25, 0.3) is 0 Å². The van der Waals surface area contributed by atoms with Crippen molar-refractivity contribution in [3.8, 4) is 11.1 Å². The third-order valence-corrected chi connectivity index (χ3v) is 4.72. The lowest BCUT2D eigenvalue weighted by Crippen LogP contribution is -1.81. The van der Waals surface area contributed by atoms with E-state index in [4.69, 9.17) is 16.0 Å². The highest BCUT2D eigenvalue weighted by atomic mass is 35.5. The van der Waals surface area contributed by atoms with Crippen LogP contribution in [0.4, 0.5) is 0 Å². The van der Waals surface area contributed by atoms with Gasteiger partial charge in [-0.1, -0.05) is 66.2 Å². The van der Waals surface area contributed by atoms with Crippen LogP contribution in [0, 0.1) is 0 Å². The molecule has 0 unspecified atom stereocenters. The average Bonchev–Trinajstić information content (AvgIpc) is 2.99. The van der Waals surface area contributed by atoms with E-state index in [1.807, 2.05) is 30.3 Å². The van der Waals surface area contributed by atoms with Crippen LogP contribution in [0.1, 0.15) is 0 Å². The van der Waals surface area contributed by atoms with Gasteiger partial charge >= 0.3 is 0 Å². The quantitative estimate of drug-likeness (QED) is 0.321.